The van der Waals surface area contributed by atoms with Crippen LogP contribution in [-0.4, -0.2) is 0 Å². The fourth-order valence-corrected chi connectivity index (χ4v) is 3.28. The second-order valence-corrected chi connectivity index (χ2v) is 7.51. The molecule has 0 N–H and O–H groups in total. The zero-order valence-corrected chi connectivity index (χ0v) is 16.6. The fraction of sp³-hybridized carbons (Fsp3) is 0.913. The molecule has 0 aliphatic carbocycles. The highest BCUT2D eigenvalue weighted by Crippen LogP contribution is 2.15. The molecule has 0 unspecified atom stereocenters. The largest absolute Gasteiger partial charge is 0.0999 e. The summed E-state index contributed by atoms with van der Waals surface area (Å²) in [5.74, 6) is 0. The van der Waals surface area contributed by atoms with Crippen LogP contribution in [0.2, 0.25) is 0 Å². The zero-order chi connectivity index (χ0) is 17.0. The fourth-order valence-electron chi connectivity index (χ4n) is 3.28. The molecule has 0 nitrogen and oxygen atoms in total. The average Bonchev–Trinajstić information content (AvgIpc) is 2.57. The van der Waals surface area contributed by atoms with Gasteiger partial charge in [-0.2, -0.15) is 0 Å². The Balaban J connectivity index is 2.99. The molecule has 0 spiro atoms. The van der Waals surface area contributed by atoms with Crippen molar-refractivity contribution >= 4 is 0 Å². The summed E-state index contributed by atoms with van der Waals surface area (Å²) in [6, 6.07) is 0. The van der Waals surface area contributed by atoms with Gasteiger partial charge in [-0.25, -0.2) is 0 Å². The van der Waals surface area contributed by atoms with Gasteiger partial charge in [-0.05, 0) is 19.3 Å². The Hall–Kier alpha value is -0.260. The van der Waals surface area contributed by atoms with Crippen molar-refractivity contribution in [1.29, 1.82) is 0 Å². The SMILES string of the molecule is C=C(CC)CCCCCCCCCCCCCCCCCCC. The molecule has 0 heteroatoms. The van der Waals surface area contributed by atoms with Gasteiger partial charge in [-0.3, -0.25) is 0 Å². The lowest BCUT2D eigenvalue weighted by atomic mass is 10.0. The molecule has 0 aromatic heterocycles. The molecule has 0 amide bonds. The van der Waals surface area contributed by atoms with Crippen molar-refractivity contribution in [2.75, 3.05) is 0 Å². The van der Waals surface area contributed by atoms with E-state index >= 15 is 0 Å². The van der Waals surface area contributed by atoms with Gasteiger partial charge < -0.3 is 0 Å². The topological polar surface area (TPSA) is 0 Å². The molecule has 0 radical (unpaired) electrons. The van der Waals surface area contributed by atoms with Crippen LogP contribution in [-0.2, 0) is 0 Å². The lowest BCUT2D eigenvalue weighted by Crippen LogP contribution is -1.84. The summed E-state index contributed by atoms with van der Waals surface area (Å²) in [4.78, 5) is 0. The lowest BCUT2D eigenvalue weighted by Gasteiger charge is -2.04. The molecule has 0 atom stereocenters. The molecule has 23 heavy (non-hydrogen) atoms. The first-order valence-corrected chi connectivity index (χ1v) is 11.0. The molecule has 0 saturated heterocycles. The first kappa shape index (κ1) is 22.7. The minimum absolute atomic E-state index is 1.17. The van der Waals surface area contributed by atoms with E-state index in [1.165, 1.54) is 128 Å². The van der Waals surface area contributed by atoms with Gasteiger partial charge >= 0.3 is 0 Å². The average molecular weight is 323 g/mol. The number of hydrogen-bond donors (Lipinski definition) is 0. The maximum absolute atomic E-state index is 4.08. The molecule has 138 valence electrons. The van der Waals surface area contributed by atoms with Gasteiger partial charge in [0.15, 0.2) is 0 Å². The highest BCUT2D eigenvalue weighted by atomic mass is 14.0. The van der Waals surface area contributed by atoms with E-state index in [4.69, 9.17) is 0 Å². The molecule has 0 aliphatic rings. The predicted molar refractivity (Wildman–Crippen MR) is 108 cm³/mol. The summed E-state index contributed by atoms with van der Waals surface area (Å²) < 4.78 is 0. The van der Waals surface area contributed by atoms with E-state index in [9.17, 15) is 0 Å². The standard InChI is InChI=1S/C23H46/c1-4-6-7-8-9-10-11-12-13-14-15-16-17-18-19-20-21-22-23(3)5-2/h3-22H2,1-2H3. The normalized spacial score (nSPS) is 11.0. The lowest BCUT2D eigenvalue weighted by molar-refractivity contribution is 0.527. The van der Waals surface area contributed by atoms with Crippen molar-refractivity contribution in [3.05, 3.63) is 12.2 Å². The van der Waals surface area contributed by atoms with E-state index in [1.807, 2.05) is 0 Å². The number of allylic oxidation sites excluding steroid dienone is 1. The van der Waals surface area contributed by atoms with Gasteiger partial charge in [-0.15, -0.1) is 0 Å². The maximum atomic E-state index is 4.08. The van der Waals surface area contributed by atoms with E-state index in [1.54, 1.807) is 0 Å². The Morgan fingerprint density at radius 3 is 1.09 bits per heavy atom. The van der Waals surface area contributed by atoms with Gasteiger partial charge in [0.25, 0.3) is 0 Å². The van der Waals surface area contributed by atoms with Crippen molar-refractivity contribution in [2.24, 2.45) is 0 Å². The van der Waals surface area contributed by atoms with Crippen LogP contribution in [0.5, 0.6) is 0 Å². The van der Waals surface area contributed by atoms with E-state index < -0.39 is 0 Å². The van der Waals surface area contributed by atoms with Crippen LogP contribution in [0.1, 0.15) is 136 Å². The zero-order valence-electron chi connectivity index (χ0n) is 16.6. The molecule has 0 heterocycles. The smallest absolute Gasteiger partial charge is 0.0323 e. The van der Waals surface area contributed by atoms with Crippen LogP contribution < -0.4 is 0 Å². The van der Waals surface area contributed by atoms with Crippen LogP contribution in [0.3, 0.4) is 0 Å². The Bertz CT molecular complexity index is 228. The molecular weight excluding hydrogens is 276 g/mol. The highest BCUT2D eigenvalue weighted by Gasteiger charge is 1.95. The molecule has 0 aliphatic heterocycles. The number of rotatable bonds is 19. The number of unbranched alkanes of at least 4 members (excludes halogenated alkanes) is 16. The van der Waals surface area contributed by atoms with Crippen molar-refractivity contribution < 1.29 is 0 Å². The quantitative estimate of drug-likeness (QED) is 0.164. The first-order chi connectivity index (χ1) is 11.3. The van der Waals surface area contributed by atoms with Crippen LogP contribution in [0, 0.1) is 0 Å². The third-order valence-electron chi connectivity index (χ3n) is 5.13. The third kappa shape index (κ3) is 19.7. The van der Waals surface area contributed by atoms with E-state index in [0.29, 0.717) is 0 Å². The molecular formula is C23H46. The molecule has 0 aromatic carbocycles. The summed E-state index contributed by atoms with van der Waals surface area (Å²) in [5, 5.41) is 0. The van der Waals surface area contributed by atoms with Gasteiger partial charge in [0.1, 0.15) is 0 Å². The van der Waals surface area contributed by atoms with Crippen molar-refractivity contribution in [1.82, 2.24) is 0 Å². The van der Waals surface area contributed by atoms with Gasteiger partial charge in [0.2, 0.25) is 0 Å². The summed E-state index contributed by atoms with van der Waals surface area (Å²) in [6.07, 6.45) is 27.1. The summed E-state index contributed by atoms with van der Waals surface area (Å²) in [6.45, 7) is 8.60. The van der Waals surface area contributed by atoms with Gasteiger partial charge in [0, 0.05) is 0 Å². The molecule has 0 fully saturated rings. The van der Waals surface area contributed by atoms with Crippen LogP contribution in [0.25, 0.3) is 0 Å². The van der Waals surface area contributed by atoms with E-state index in [0.717, 1.165) is 0 Å². The second kappa shape index (κ2) is 19.8. The second-order valence-electron chi connectivity index (χ2n) is 7.51. The van der Waals surface area contributed by atoms with Crippen LogP contribution in [0.4, 0.5) is 0 Å². The van der Waals surface area contributed by atoms with E-state index in [2.05, 4.69) is 20.4 Å². The molecule has 0 bridgehead atoms. The highest BCUT2D eigenvalue weighted by molar-refractivity contribution is 4.91. The Kier molecular flexibility index (Phi) is 19.6. The minimum Gasteiger partial charge on any atom is -0.0999 e. The number of hydrogen-bond acceptors (Lipinski definition) is 0. The molecule has 0 aromatic rings. The monoisotopic (exact) mass is 322 g/mol. The van der Waals surface area contributed by atoms with E-state index in [-0.39, 0.29) is 0 Å². The Morgan fingerprint density at radius 1 is 0.478 bits per heavy atom. The first-order valence-electron chi connectivity index (χ1n) is 11.0. The Morgan fingerprint density at radius 2 is 0.783 bits per heavy atom. The predicted octanol–water partition coefficient (Wildman–Crippen LogP) is 8.99. The van der Waals surface area contributed by atoms with Gasteiger partial charge in [0.05, 0.1) is 0 Å². The van der Waals surface area contributed by atoms with Crippen LogP contribution >= 0.6 is 0 Å². The van der Waals surface area contributed by atoms with Crippen molar-refractivity contribution in [2.45, 2.75) is 136 Å². The van der Waals surface area contributed by atoms with Gasteiger partial charge in [-0.1, -0.05) is 129 Å². The van der Waals surface area contributed by atoms with Crippen molar-refractivity contribution in [3.63, 3.8) is 0 Å². The summed E-state index contributed by atoms with van der Waals surface area (Å²) >= 11 is 0. The summed E-state index contributed by atoms with van der Waals surface area (Å²) in [5.41, 5.74) is 1.44. The van der Waals surface area contributed by atoms with Crippen molar-refractivity contribution in [3.8, 4) is 0 Å². The molecule has 0 rings (SSSR count). The minimum atomic E-state index is 1.17. The third-order valence-corrected chi connectivity index (χ3v) is 5.13. The summed E-state index contributed by atoms with van der Waals surface area (Å²) in [7, 11) is 0. The maximum Gasteiger partial charge on any atom is -0.0323 e. The Labute approximate surface area is 148 Å². The van der Waals surface area contributed by atoms with Crippen LogP contribution in [0.15, 0.2) is 12.2 Å². The molecule has 0 saturated carbocycles.